The number of amides is 1. The lowest BCUT2D eigenvalue weighted by Gasteiger charge is -2.30. The van der Waals surface area contributed by atoms with Crippen LogP contribution in [-0.2, 0) is 13.0 Å². The lowest BCUT2D eigenvalue weighted by molar-refractivity contribution is 0.0986. The molecule has 206 valence electrons. The molecule has 2 saturated heterocycles. The Kier molecular flexibility index (Phi) is 6.50. The third kappa shape index (κ3) is 4.33. The van der Waals surface area contributed by atoms with E-state index in [-0.39, 0.29) is 49.6 Å². The summed E-state index contributed by atoms with van der Waals surface area (Å²) in [4.78, 5) is 26.1. The molecule has 2 aromatic carbocycles. The number of hydrogen-bond donors (Lipinski definition) is 2. The Labute approximate surface area is 224 Å². The van der Waals surface area contributed by atoms with Crippen molar-refractivity contribution < 1.29 is 33.3 Å². The topological polar surface area (TPSA) is 108 Å². The summed E-state index contributed by atoms with van der Waals surface area (Å²) in [7, 11) is 0. The van der Waals surface area contributed by atoms with Crippen molar-refractivity contribution in [2.75, 3.05) is 37.8 Å². The van der Waals surface area contributed by atoms with Crippen molar-refractivity contribution in [1.29, 1.82) is 0 Å². The summed E-state index contributed by atoms with van der Waals surface area (Å²) < 4.78 is 40.6. The Bertz CT molecular complexity index is 1450. The number of carbonyl (C=O) groups is 1. The van der Waals surface area contributed by atoms with E-state index in [9.17, 15) is 23.8 Å². The zero-order valence-corrected chi connectivity index (χ0v) is 21.6. The summed E-state index contributed by atoms with van der Waals surface area (Å²) in [6.07, 6.45) is 1.66. The summed E-state index contributed by atoms with van der Waals surface area (Å²) >= 11 is 0. The Morgan fingerprint density at radius 2 is 2.08 bits per heavy atom. The highest BCUT2D eigenvalue weighted by Gasteiger charge is 2.49. The van der Waals surface area contributed by atoms with Crippen molar-refractivity contribution in [1.82, 2.24) is 14.9 Å². The van der Waals surface area contributed by atoms with Gasteiger partial charge < -0.3 is 24.6 Å². The molecule has 9 nitrogen and oxygen atoms in total. The third-order valence-electron chi connectivity index (χ3n) is 8.03. The maximum atomic E-state index is 14.8. The number of hydrogen-bond acceptors (Lipinski definition) is 8. The largest absolute Gasteiger partial charge is 0.508 e. The summed E-state index contributed by atoms with van der Waals surface area (Å²) in [5, 5.41) is 20.9. The average Bonchev–Trinajstić information content (AvgIpc) is 3.55. The zero-order valence-electron chi connectivity index (χ0n) is 21.6. The first kappa shape index (κ1) is 25.7. The van der Waals surface area contributed by atoms with Gasteiger partial charge in [0, 0.05) is 24.4 Å². The number of aryl methyl sites for hydroxylation is 1. The Balaban J connectivity index is 1.37. The second kappa shape index (κ2) is 9.87. The van der Waals surface area contributed by atoms with Crippen LogP contribution >= 0.6 is 0 Å². The number of aliphatic hydroxyl groups excluding tert-OH is 1. The quantitative estimate of drug-likeness (QED) is 0.447. The number of fused-ring (bicyclic) bond motifs is 3. The number of rotatable bonds is 8. The maximum Gasteiger partial charge on any atom is 0.320 e. The van der Waals surface area contributed by atoms with Crippen LogP contribution in [0.2, 0.25) is 0 Å². The molecule has 1 aromatic heterocycles. The number of aromatic hydroxyl groups is 1. The van der Waals surface area contributed by atoms with E-state index in [0.29, 0.717) is 47.1 Å². The van der Waals surface area contributed by atoms with Crippen LogP contribution in [0.5, 0.6) is 17.6 Å². The number of halogens is 2. The minimum Gasteiger partial charge on any atom is -0.508 e. The molecule has 4 heterocycles. The highest BCUT2D eigenvalue weighted by molar-refractivity contribution is 6.15. The first-order valence-electron chi connectivity index (χ1n) is 13.3. The molecular formula is C28H30F2N4O5. The number of aromatic nitrogens is 2. The highest BCUT2D eigenvalue weighted by Crippen LogP contribution is 2.42. The van der Waals surface area contributed by atoms with E-state index in [1.807, 2.05) is 6.92 Å². The van der Waals surface area contributed by atoms with Crippen molar-refractivity contribution in [2.45, 2.75) is 50.9 Å². The van der Waals surface area contributed by atoms with Gasteiger partial charge in [-0.1, -0.05) is 13.0 Å². The number of nitrogens with zero attached hydrogens (tertiary/aromatic N) is 4. The van der Waals surface area contributed by atoms with Crippen molar-refractivity contribution >= 4 is 22.4 Å². The van der Waals surface area contributed by atoms with Gasteiger partial charge in [-0.05, 0) is 48.9 Å². The van der Waals surface area contributed by atoms with Gasteiger partial charge in [-0.3, -0.25) is 9.69 Å². The van der Waals surface area contributed by atoms with E-state index in [4.69, 9.17) is 9.47 Å². The van der Waals surface area contributed by atoms with Gasteiger partial charge >= 0.3 is 6.01 Å². The number of benzene rings is 2. The average molecular weight is 541 g/mol. The van der Waals surface area contributed by atoms with Gasteiger partial charge in [-0.15, -0.1) is 0 Å². The summed E-state index contributed by atoms with van der Waals surface area (Å²) in [5.41, 5.74) is 0.838. The van der Waals surface area contributed by atoms with Gasteiger partial charge in [0.05, 0.1) is 30.1 Å². The van der Waals surface area contributed by atoms with E-state index in [2.05, 4.69) is 14.9 Å². The van der Waals surface area contributed by atoms with Crippen LogP contribution in [0.1, 0.15) is 47.8 Å². The van der Waals surface area contributed by atoms with Gasteiger partial charge in [0.1, 0.15) is 36.5 Å². The molecule has 3 aliphatic heterocycles. The van der Waals surface area contributed by atoms with E-state index < -0.39 is 23.4 Å². The predicted molar refractivity (Wildman–Crippen MR) is 139 cm³/mol. The van der Waals surface area contributed by atoms with Gasteiger partial charge in [0.25, 0.3) is 5.91 Å². The molecule has 3 aliphatic rings. The third-order valence-corrected chi connectivity index (χ3v) is 8.03. The summed E-state index contributed by atoms with van der Waals surface area (Å²) in [5.74, 6) is -0.964. The lowest BCUT2D eigenvalue weighted by atomic mass is 9.95. The molecule has 0 radical (unpaired) electrons. The Hall–Kier alpha value is -3.57. The first-order chi connectivity index (χ1) is 18.8. The molecule has 39 heavy (non-hydrogen) atoms. The number of phenolic OH excluding ortho intramolecular Hbond substituents is 1. The SMILES string of the molecule is CCc1c(F)ccc2cc(O)cc(N3Cc4nc(OC[C@@]56CCCN5C[C@H](F)C6)nc(OCCO)c4C3=O)c12. The molecule has 0 saturated carbocycles. The normalized spacial score (nSPS) is 22.5. The number of aliphatic hydroxyl groups is 1. The van der Waals surface area contributed by atoms with Crippen molar-refractivity contribution in [3.05, 3.63) is 46.9 Å². The molecule has 6 rings (SSSR count). The van der Waals surface area contributed by atoms with E-state index in [1.165, 1.54) is 23.1 Å². The van der Waals surface area contributed by atoms with Crippen molar-refractivity contribution in [2.24, 2.45) is 0 Å². The molecule has 2 atom stereocenters. The summed E-state index contributed by atoms with van der Waals surface area (Å²) in [6, 6.07) is 5.88. The fourth-order valence-electron chi connectivity index (χ4n) is 6.34. The number of alkyl halides is 1. The van der Waals surface area contributed by atoms with E-state index in [0.717, 1.165) is 19.4 Å². The minimum absolute atomic E-state index is 0.000863. The van der Waals surface area contributed by atoms with Gasteiger partial charge in [0.2, 0.25) is 5.88 Å². The summed E-state index contributed by atoms with van der Waals surface area (Å²) in [6.45, 7) is 2.87. The van der Waals surface area contributed by atoms with Crippen LogP contribution in [0, 0.1) is 5.82 Å². The Morgan fingerprint density at radius 3 is 2.87 bits per heavy atom. The van der Waals surface area contributed by atoms with Crippen LogP contribution < -0.4 is 14.4 Å². The van der Waals surface area contributed by atoms with E-state index in [1.54, 1.807) is 6.07 Å². The molecule has 0 bridgehead atoms. The number of ether oxygens (including phenoxy) is 2. The molecule has 0 spiro atoms. The second-order valence-corrected chi connectivity index (χ2v) is 10.4. The maximum absolute atomic E-state index is 14.8. The molecule has 3 aromatic rings. The van der Waals surface area contributed by atoms with Crippen LogP contribution in [0.15, 0.2) is 24.3 Å². The number of anilines is 1. The van der Waals surface area contributed by atoms with Gasteiger partial charge in [-0.25, -0.2) is 8.78 Å². The molecule has 2 N–H and O–H groups in total. The smallest absolute Gasteiger partial charge is 0.320 e. The first-order valence-corrected chi connectivity index (χ1v) is 13.3. The van der Waals surface area contributed by atoms with Crippen LogP contribution in [-0.4, -0.2) is 75.6 Å². The molecule has 0 unspecified atom stereocenters. The predicted octanol–water partition coefficient (Wildman–Crippen LogP) is 3.52. The number of phenols is 1. The van der Waals surface area contributed by atoms with Gasteiger partial charge in [-0.2, -0.15) is 9.97 Å². The molecular weight excluding hydrogens is 510 g/mol. The highest BCUT2D eigenvalue weighted by atomic mass is 19.1. The minimum atomic E-state index is -0.903. The second-order valence-electron chi connectivity index (χ2n) is 10.4. The fourth-order valence-corrected chi connectivity index (χ4v) is 6.34. The zero-order chi connectivity index (χ0) is 27.3. The molecule has 2 fully saturated rings. The fraction of sp³-hybridized carbons (Fsp3) is 0.464. The van der Waals surface area contributed by atoms with E-state index >= 15 is 0 Å². The van der Waals surface area contributed by atoms with Crippen LogP contribution in [0.4, 0.5) is 14.5 Å². The van der Waals surface area contributed by atoms with Crippen molar-refractivity contribution in [3.63, 3.8) is 0 Å². The lowest BCUT2D eigenvalue weighted by Crippen LogP contribution is -2.43. The van der Waals surface area contributed by atoms with Gasteiger partial charge in [0.15, 0.2) is 0 Å². The standard InChI is InChI=1S/C28H30F2N4O5/c1-2-19-20(30)5-4-16-10-18(36)11-22(23(16)19)34-14-21-24(26(34)37)25(38-9-8-35)32-27(31-21)39-15-28-6-3-7-33(28)13-17(29)12-28/h4-5,10-11,17,35-36H,2-3,6-9,12-15H2,1H3/t17-,28+/m1/s1. The van der Waals surface area contributed by atoms with Crippen molar-refractivity contribution in [3.8, 4) is 17.6 Å². The molecule has 11 heteroatoms. The van der Waals surface area contributed by atoms with Crippen LogP contribution in [0.25, 0.3) is 10.8 Å². The monoisotopic (exact) mass is 540 g/mol. The molecule has 1 amide bonds. The molecule has 0 aliphatic carbocycles. The van der Waals surface area contributed by atoms with Crippen LogP contribution in [0.3, 0.4) is 0 Å². The number of carbonyl (C=O) groups excluding carboxylic acids is 1. The Morgan fingerprint density at radius 1 is 1.23 bits per heavy atom.